The lowest BCUT2D eigenvalue weighted by atomic mass is 10.2. The molecule has 2 atom stereocenters. The van der Waals surface area contributed by atoms with Crippen molar-refractivity contribution >= 4 is 5.91 Å². The second-order valence-electron chi connectivity index (χ2n) is 3.52. The van der Waals surface area contributed by atoms with Gasteiger partial charge in [-0.1, -0.05) is 0 Å². The highest BCUT2D eigenvalue weighted by Gasteiger charge is 2.35. The van der Waals surface area contributed by atoms with Gasteiger partial charge in [0.1, 0.15) is 11.8 Å². The summed E-state index contributed by atoms with van der Waals surface area (Å²) in [6.45, 7) is 0. The molecule has 76 valence electrons. The average molecular weight is 202 g/mol. The Bertz CT molecular complexity index is 420. The van der Waals surface area contributed by atoms with Gasteiger partial charge in [0.15, 0.2) is 0 Å². The van der Waals surface area contributed by atoms with E-state index in [4.69, 9.17) is 11.0 Å². The summed E-state index contributed by atoms with van der Waals surface area (Å²) in [6.07, 6.45) is 2.20. The number of rotatable bonds is 2. The van der Waals surface area contributed by atoms with E-state index in [2.05, 4.69) is 10.3 Å². The number of nitriles is 1. The highest BCUT2D eigenvalue weighted by atomic mass is 16.2. The lowest BCUT2D eigenvalue weighted by Gasteiger charge is -2.02. The van der Waals surface area contributed by atoms with Crippen LogP contribution in [0.25, 0.3) is 0 Å². The number of carbonyl (C=O) groups excluding carboxylic acids is 1. The number of nitrogens with two attached hydrogens (primary N) is 1. The SMILES string of the molecule is N#Cc1ccc(C(=O)NC2CC2N)nc1. The van der Waals surface area contributed by atoms with Gasteiger partial charge < -0.3 is 11.1 Å². The van der Waals surface area contributed by atoms with Crippen molar-refractivity contribution in [3.05, 3.63) is 29.6 Å². The zero-order chi connectivity index (χ0) is 10.8. The van der Waals surface area contributed by atoms with Crippen molar-refractivity contribution in [2.45, 2.75) is 18.5 Å². The summed E-state index contributed by atoms with van der Waals surface area (Å²) >= 11 is 0. The molecule has 0 bridgehead atoms. The molecule has 1 saturated carbocycles. The average Bonchev–Trinajstić information content (AvgIpc) is 2.94. The first-order valence-electron chi connectivity index (χ1n) is 4.63. The minimum atomic E-state index is -0.238. The zero-order valence-corrected chi connectivity index (χ0v) is 7.97. The Hall–Kier alpha value is -1.93. The maximum Gasteiger partial charge on any atom is 0.270 e. The van der Waals surface area contributed by atoms with Crippen LogP contribution in [0.4, 0.5) is 0 Å². The number of carbonyl (C=O) groups is 1. The minimum absolute atomic E-state index is 0.0762. The van der Waals surface area contributed by atoms with Gasteiger partial charge in [-0.25, -0.2) is 4.98 Å². The largest absolute Gasteiger partial charge is 0.346 e. The normalized spacial score (nSPS) is 22.9. The summed E-state index contributed by atoms with van der Waals surface area (Å²) in [6, 6.07) is 5.19. The molecule has 0 spiro atoms. The van der Waals surface area contributed by atoms with E-state index in [1.807, 2.05) is 6.07 Å². The third-order valence-electron chi connectivity index (χ3n) is 2.28. The van der Waals surface area contributed by atoms with Gasteiger partial charge in [0.2, 0.25) is 0 Å². The van der Waals surface area contributed by atoms with E-state index in [1.165, 1.54) is 12.3 Å². The topological polar surface area (TPSA) is 91.8 Å². The van der Waals surface area contributed by atoms with Gasteiger partial charge in [0, 0.05) is 18.3 Å². The summed E-state index contributed by atoms with van der Waals surface area (Å²) in [5, 5.41) is 11.3. The second kappa shape index (κ2) is 3.67. The fourth-order valence-electron chi connectivity index (χ4n) is 1.22. The number of nitrogens with zero attached hydrogens (tertiary/aromatic N) is 2. The molecule has 1 fully saturated rings. The fraction of sp³-hybridized carbons (Fsp3) is 0.300. The van der Waals surface area contributed by atoms with Crippen LogP contribution in [0.2, 0.25) is 0 Å². The van der Waals surface area contributed by atoms with E-state index in [1.54, 1.807) is 6.07 Å². The van der Waals surface area contributed by atoms with E-state index >= 15 is 0 Å². The van der Waals surface area contributed by atoms with Crippen molar-refractivity contribution in [1.82, 2.24) is 10.3 Å². The van der Waals surface area contributed by atoms with E-state index in [-0.39, 0.29) is 18.0 Å². The van der Waals surface area contributed by atoms with Gasteiger partial charge >= 0.3 is 0 Å². The van der Waals surface area contributed by atoms with Gasteiger partial charge in [-0.05, 0) is 18.6 Å². The van der Waals surface area contributed by atoms with E-state index in [0.717, 1.165) is 6.42 Å². The Morgan fingerprint density at radius 3 is 2.87 bits per heavy atom. The number of hydrogen-bond donors (Lipinski definition) is 2. The van der Waals surface area contributed by atoms with Gasteiger partial charge in [-0.15, -0.1) is 0 Å². The minimum Gasteiger partial charge on any atom is -0.346 e. The standard InChI is InChI=1S/C10H10N4O/c11-4-6-1-2-8(13-5-6)10(15)14-9-3-7(9)12/h1-2,5,7,9H,3,12H2,(H,14,15). The molecule has 0 saturated heterocycles. The zero-order valence-electron chi connectivity index (χ0n) is 7.97. The Kier molecular flexibility index (Phi) is 2.35. The molecule has 2 rings (SSSR count). The van der Waals surface area contributed by atoms with Crippen molar-refractivity contribution in [1.29, 1.82) is 5.26 Å². The fourth-order valence-corrected chi connectivity index (χ4v) is 1.22. The molecule has 1 aromatic heterocycles. The van der Waals surface area contributed by atoms with E-state index in [0.29, 0.717) is 11.3 Å². The van der Waals surface area contributed by atoms with Crippen LogP contribution in [-0.2, 0) is 0 Å². The highest BCUT2D eigenvalue weighted by molar-refractivity contribution is 5.92. The molecule has 1 heterocycles. The molecule has 5 heteroatoms. The summed E-state index contributed by atoms with van der Waals surface area (Å²) in [4.78, 5) is 15.4. The molecule has 3 N–H and O–H groups in total. The Morgan fingerprint density at radius 2 is 2.40 bits per heavy atom. The number of hydrogen-bond acceptors (Lipinski definition) is 4. The summed E-state index contributed by atoms with van der Waals surface area (Å²) in [5.74, 6) is -0.238. The molecular formula is C10H10N4O. The molecule has 0 aromatic carbocycles. The van der Waals surface area contributed by atoms with Crippen LogP contribution in [0.5, 0.6) is 0 Å². The van der Waals surface area contributed by atoms with E-state index < -0.39 is 0 Å². The molecule has 1 aliphatic rings. The maximum absolute atomic E-state index is 11.5. The Balaban J connectivity index is 2.03. The molecule has 5 nitrogen and oxygen atoms in total. The quantitative estimate of drug-likeness (QED) is 0.693. The third kappa shape index (κ3) is 2.11. The number of aromatic nitrogens is 1. The molecule has 0 aliphatic heterocycles. The number of amides is 1. The van der Waals surface area contributed by atoms with Crippen LogP contribution in [0.1, 0.15) is 22.5 Å². The first-order valence-corrected chi connectivity index (χ1v) is 4.63. The molecule has 0 radical (unpaired) electrons. The maximum atomic E-state index is 11.5. The molecule has 1 aliphatic carbocycles. The van der Waals surface area contributed by atoms with Crippen molar-refractivity contribution in [2.75, 3.05) is 0 Å². The van der Waals surface area contributed by atoms with Gasteiger partial charge in [0.25, 0.3) is 5.91 Å². The number of nitrogens with one attached hydrogen (secondary N) is 1. The predicted octanol–water partition coefficient (Wildman–Crippen LogP) is -0.217. The predicted molar refractivity (Wildman–Crippen MR) is 52.8 cm³/mol. The van der Waals surface area contributed by atoms with Crippen LogP contribution in [0.3, 0.4) is 0 Å². The lowest BCUT2D eigenvalue weighted by Crippen LogP contribution is -2.30. The van der Waals surface area contributed by atoms with Crippen molar-refractivity contribution in [3.8, 4) is 6.07 Å². The Morgan fingerprint density at radius 1 is 1.67 bits per heavy atom. The van der Waals surface area contributed by atoms with Gasteiger partial charge in [-0.2, -0.15) is 5.26 Å². The second-order valence-corrected chi connectivity index (χ2v) is 3.52. The van der Waals surface area contributed by atoms with Crippen LogP contribution in [-0.4, -0.2) is 23.0 Å². The van der Waals surface area contributed by atoms with Crippen LogP contribution >= 0.6 is 0 Å². The summed E-state index contributed by atoms with van der Waals surface area (Å²) in [7, 11) is 0. The first-order chi connectivity index (χ1) is 7.20. The van der Waals surface area contributed by atoms with Crippen LogP contribution < -0.4 is 11.1 Å². The van der Waals surface area contributed by atoms with Gasteiger partial charge in [0.05, 0.1) is 5.56 Å². The van der Waals surface area contributed by atoms with Crippen molar-refractivity contribution < 1.29 is 4.79 Å². The van der Waals surface area contributed by atoms with Gasteiger partial charge in [-0.3, -0.25) is 4.79 Å². The Labute approximate surface area is 86.9 Å². The molecular weight excluding hydrogens is 192 g/mol. The van der Waals surface area contributed by atoms with E-state index in [9.17, 15) is 4.79 Å². The monoisotopic (exact) mass is 202 g/mol. The highest BCUT2D eigenvalue weighted by Crippen LogP contribution is 2.18. The number of pyridine rings is 1. The molecule has 1 amide bonds. The van der Waals surface area contributed by atoms with Crippen molar-refractivity contribution in [2.24, 2.45) is 5.73 Å². The molecule has 2 unspecified atom stereocenters. The molecule has 1 aromatic rings. The van der Waals surface area contributed by atoms with Crippen LogP contribution in [0, 0.1) is 11.3 Å². The molecule has 15 heavy (non-hydrogen) atoms. The van der Waals surface area contributed by atoms with Crippen molar-refractivity contribution in [3.63, 3.8) is 0 Å². The van der Waals surface area contributed by atoms with Crippen LogP contribution in [0.15, 0.2) is 18.3 Å². The smallest absolute Gasteiger partial charge is 0.270 e. The summed E-state index contributed by atoms with van der Waals surface area (Å²) < 4.78 is 0. The third-order valence-corrected chi connectivity index (χ3v) is 2.28. The lowest BCUT2D eigenvalue weighted by molar-refractivity contribution is 0.0945. The first kappa shape index (κ1) is 9.62. The summed E-state index contributed by atoms with van der Waals surface area (Å²) in [5.41, 5.74) is 6.31.